The first kappa shape index (κ1) is 15.3. The minimum Gasteiger partial charge on any atom is -0.469 e. The molecule has 0 spiro atoms. The van der Waals surface area contributed by atoms with Gasteiger partial charge >= 0.3 is 5.97 Å². The van der Waals surface area contributed by atoms with Crippen molar-refractivity contribution < 1.29 is 14.3 Å². The highest BCUT2D eigenvalue weighted by atomic mass is 16.5. The van der Waals surface area contributed by atoms with Gasteiger partial charge in [0.15, 0.2) is 0 Å². The molecule has 114 valence electrons. The van der Waals surface area contributed by atoms with Gasteiger partial charge in [0.05, 0.1) is 13.2 Å². The average Bonchev–Trinajstić information content (AvgIpc) is 2.95. The molecule has 0 aromatic heterocycles. The second-order valence-corrected chi connectivity index (χ2v) is 5.45. The van der Waals surface area contributed by atoms with E-state index in [9.17, 15) is 9.59 Å². The highest BCUT2D eigenvalue weighted by Crippen LogP contribution is 2.20. The van der Waals surface area contributed by atoms with Crippen molar-refractivity contribution in [1.82, 2.24) is 15.1 Å². The predicted molar refractivity (Wildman–Crippen MR) is 75.3 cm³/mol. The van der Waals surface area contributed by atoms with Gasteiger partial charge < -0.3 is 15.0 Å². The molecular weight excluding hydrogens is 258 g/mol. The molecule has 0 aromatic rings. The van der Waals surface area contributed by atoms with Crippen molar-refractivity contribution in [2.24, 2.45) is 0 Å². The molecule has 1 amide bonds. The number of hydrogen-bond donors (Lipinski definition) is 1. The molecule has 0 aromatic carbocycles. The van der Waals surface area contributed by atoms with Gasteiger partial charge in [0, 0.05) is 32.6 Å². The summed E-state index contributed by atoms with van der Waals surface area (Å²) in [5.41, 5.74) is 0. The summed E-state index contributed by atoms with van der Waals surface area (Å²) in [5.74, 6) is 0.0937. The van der Waals surface area contributed by atoms with Crippen molar-refractivity contribution in [2.75, 3.05) is 46.4 Å². The molecule has 1 atom stereocenters. The number of carbonyl (C=O) groups excluding carboxylic acids is 2. The zero-order valence-corrected chi connectivity index (χ0v) is 12.3. The van der Waals surface area contributed by atoms with Gasteiger partial charge in [-0.2, -0.15) is 0 Å². The minimum atomic E-state index is -0.172. The molecule has 2 fully saturated rings. The van der Waals surface area contributed by atoms with Crippen LogP contribution in [0.15, 0.2) is 0 Å². The zero-order valence-electron chi connectivity index (χ0n) is 12.3. The van der Waals surface area contributed by atoms with Gasteiger partial charge in [-0.1, -0.05) is 0 Å². The van der Waals surface area contributed by atoms with E-state index in [2.05, 4.69) is 15.0 Å². The summed E-state index contributed by atoms with van der Waals surface area (Å²) in [6.45, 7) is 5.17. The molecule has 0 bridgehead atoms. The normalized spacial score (nSPS) is 23.9. The smallest absolute Gasteiger partial charge is 0.305 e. The number of carbonyl (C=O) groups is 2. The molecule has 1 N–H and O–H groups in total. The van der Waals surface area contributed by atoms with E-state index in [0.717, 1.165) is 58.5 Å². The average molecular weight is 283 g/mol. The highest BCUT2D eigenvalue weighted by molar-refractivity contribution is 5.82. The Morgan fingerprint density at radius 3 is 2.70 bits per heavy atom. The van der Waals surface area contributed by atoms with Gasteiger partial charge in [0.2, 0.25) is 5.91 Å². The fraction of sp³-hybridized carbons (Fsp3) is 0.857. The van der Waals surface area contributed by atoms with Crippen LogP contribution in [0.2, 0.25) is 0 Å². The van der Waals surface area contributed by atoms with Crippen molar-refractivity contribution in [1.29, 1.82) is 0 Å². The molecule has 2 aliphatic rings. The van der Waals surface area contributed by atoms with Crippen LogP contribution in [0.3, 0.4) is 0 Å². The zero-order chi connectivity index (χ0) is 14.4. The Morgan fingerprint density at radius 1 is 1.25 bits per heavy atom. The Labute approximate surface area is 120 Å². The third kappa shape index (κ3) is 3.93. The van der Waals surface area contributed by atoms with Gasteiger partial charge in [0.25, 0.3) is 0 Å². The number of methoxy groups -OCH3 is 1. The number of nitrogens with one attached hydrogen (secondary N) is 1. The molecule has 2 saturated heterocycles. The maximum absolute atomic E-state index is 12.5. The van der Waals surface area contributed by atoms with Gasteiger partial charge in [-0.15, -0.1) is 0 Å². The summed E-state index contributed by atoms with van der Waals surface area (Å²) in [6.07, 6.45) is 3.21. The molecule has 0 radical (unpaired) electrons. The molecule has 20 heavy (non-hydrogen) atoms. The molecule has 6 nitrogen and oxygen atoms in total. The third-order valence-electron chi connectivity index (χ3n) is 4.13. The number of amides is 1. The fourth-order valence-corrected chi connectivity index (χ4v) is 3.00. The van der Waals surface area contributed by atoms with Crippen molar-refractivity contribution in [2.45, 2.75) is 31.7 Å². The maximum atomic E-state index is 12.5. The minimum absolute atomic E-state index is 0.0192. The van der Waals surface area contributed by atoms with E-state index in [4.69, 9.17) is 0 Å². The molecule has 0 saturated carbocycles. The fourth-order valence-electron chi connectivity index (χ4n) is 3.00. The standard InChI is InChI=1S/C14H25N3O3/c1-20-13(18)5-3-9-16-8-2-4-12(16)14(19)17-10-6-15-7-11-17/h12,15H,2-11H2,1H3. The van der Waals surface area contributed by atoms with Crippen molar-refractivity contribution >= 4 is 11.9 Å². The Morgan fingerprint density at radius 2 is 2.00 bits per heavy atom. The number of piperazine rings is 1. The Balaban J connectivity index is 1.80. The number of hydrogen-bond acceptors (Lipinski definition) is 5. The maximum Gasteiger partial charge on any atom is 0.305 e. The van der Waals surface area contributed by atoms with Crippen LogP contribution >= 0.6 is 0 Å². The first-order chi connectivity index (χ1) is 9.72. The molecule has 2 heterocycles. The summed E-state index contributed by atoms with van der Waals surface area (Å²) in [7, 11) is 1.41. The number of ether oxygens (including phenoxy) is 1. The monoisotopic (exact) mass is 283 g/mol. The van der Waals surface area contributed by atoms with Crippen LogP contribution in [0.5, 0.6) is 0 Å². The molecule has 0 aliphatic carbocycles. The number of nitrogens with zero attached hydrogens (tertiary/aromatic N) is 2. The Kier molecular flexibility index (Phi) is 5.79. The molecule has 2 aliphatic heterocycles. The summed E-state index contributed by atoms with van der Waals surface area (Å²) < 4.78 is 4.64. The quantitative estimate of drug-likeness (QED) is 0.710. The Bertz CT molecular complexity index is 343. The van der Waals surface area contributed by atoms with Gasteiger partial charge in [-0.25, -0.2) is 0 Å². The van der Waals surface area contributed by atoms with Gasteiger partial charge in [-0.05, 0) is 32.4 Å². The summed E-state index contributed by atoms with van der Waals surface area (Å²) >= 11 is 0. The highest BCUT2D eigenvalue weighted by Gasteiger charge is 2.33. The predicted octanol–water partition coefficient (Wildman–Crippen LogP) is -0.164. The SMILES string of the molecule is COC(=O)CCCN1CCCC1C(=O)N1CCNCC1. The second kappa shape index (κ2) is 7.59. The van der Waals surface area contributed by atoms with Crippen LogP contribution in [-0.4, -0.2) is 74.1 Å². The largest absolute Gasteiger partial charge is 0.469 e. The van der Waals surface area contributed by atoms with E-state index < -0.39 is 0 Å². The topological polar surface area (TPSA) is 61.9 Å². The molecular formula is C14H25N3O3. The van der Waals surface area contributed by atoms with Crippen LogP contribution < -0.4 is 5.32 Å². The van der Waals surface area contributed by atoms with E-state index in [1.807, 2.05) is 4.90 Å². The van der Waals surface area contributed by atoms with E-state index in [1.165, 1.54) is 7.11 Å². The summed E-state index contributed by atoms with van der Waals surface area (Å²) in [5, 5.41) is 3.27. The van der Waals surface area contributed by atoms with Crippen molar-refractivity contribution in [3.8, 4) is 0 Å². The van der Waals surface area contributed by atoms with Crippen molar-refractivity contribution in [3.63, 3.8) is 0 Å². The Hall–Kier alpha value is -1.14. The van der Waals surface area contributed by atoms with E-state index in [0.29, 0.717) is 6.42 Å². The molecule has 2 rings (SSSR count). The van der Waals surface area contributed by atoms with Crippen LogP contribution in [0.1, 0.15) is 25.7 Å². The number of rotatable bonds is 5. The van der Waals surface area contributed by atoms with E-state index in [1.54, 1.807) is 0 Å². The lowest BCUT2D eigenvalue weighted by Crippen LogP contribution is -2.52. The third-order valence-corrected chi connectivity index (χ3v) is 4.13. The lowest BCUT2D eigenvalue weighted by Gasteiger charge is -2.32. The first-order valence-corrected chi connectivity index (χ1v) is 7.52. The first-order valence-electron chi connectivity index (χ1n) is 7.52. The van der Waals surface area contributed by atoms with Crippen LogP contribution in [0, 0.1) is 0 Å². The van der Waals surface area contributed by atoms with E-state index in [-0.39, 0.29) is 17.9 Å². The van der Waals surface area contributed by atoms with Crippen LogP contribution in [-0.2, 0) is 14.3 Å². The van der Waals surface area contributed by atoms with E-state index >= 15 is 0 Å². The molecule has 1 unspecified atom stereocenters. The van der Waals surface area contributed by atoms with Crippen molar-refractivity contribution in [3.05, 3.63) is 0 Å². The lowest BCUT2D eigenvalue weighted by atomic mass is 10.1. The van der Waals surface area contributed by atoms with Crippen LogP contribution in [0.25, 0.3) is 0 Å². The van der Waals surface area contributed by atoms with Crippen LogP contribution in [0.4, 0.5) is 0 Å². The van der Waals surface area contributed by atoms with Gasteiger partial charge in [0.1, 0.15) is 0 Å². The number of likely N-dealkylation sites (tertiary alicyclic amines) is 1. The lowest BCUT2D eigenvalue weighted by molar-refractivity contribution is -0.140. The second-order valence-electron chi connectivity index (χ2n) is 5.45. The molecule has 6 heteroatoms. The summed E-state index contributed by atoms with van der Waals surface area (Å²) in [6, 6.07) is 0.0192. The number of esters is 1. The van der Waals surface area contributed by atoms with Gasteiger partial charge in [-0.3, -0.25) is 14.5 Å². The summed E-state index contributed by atoms with van der Waals surface area (Å²) in [4.78, 5) is 27.9.